The molecular weight excluding hydrogens is 215 g/mol. The Kier molecular flexibility index (Phi) is 2.94. The number of nitrogens with zero attached hydrogens (tertiary/aromatic N) is 1. The fourth-order valence-corrected chi connectivity index (χ4v) is 2.01. The average Bonchev–Trinajstić information content (AvgIpc) is 2.29. The number of benzene rings is 1. The van der Waals surface area contributed by atoms with Crippen molar-refractivity contribution < 1.29 is 4.39 Å². The van der Waals surface area contributed by atoms with Crippen molar-refractivity contribution in [3.8, 4) is 0 Å². The van der Waals surface area contributed by atoms with Crippen LogP contribution in [0.2, 0.25) is 0 Å². The molecule has 3 heteroatoms. The Morgan fingerprint density at radius 1 is 1.24 bits per heavy atom. The molecule has 0 radical (unpaired) electrons. The van der Waals surface area contributed by atoms with E-state index in [-0.39, 0.29) is 5.82 Å². The van der Waals surface area contributed by atoms with Crippen LogP contribution in [0.25, 0.3) is 0 Å². The van der Waals surface area contributed by atoms with E-state index in [1.807, 2.05) is 38.1 Å². The number of rotatable bonds is 2. The summed E-state index contributed by atoms with van der Waals surface area (Å²) < 4.78 is 13.2. The topological polar surface area (TPSA) is 38.9 Å². The van der Waals surface area contributed by atoms with E-state index in [0.29, 0.717) is 5.56 Å². The van der Waals surface area contributed by atoms with Crippen LogP contribution in [0.1, 0.15) is 23.6 Å². The van der Waals surface area contributed by atoms with Crippen LogP contribution < -0.4 is 5.73 Å². The van der Waals surface area contributed by atoms with Gasteiger partial charge in [0.15, 0.2) is 0 Å². The second-order valence-electron chi connectivity index (χ2n) is 4.41. The lowest BCUT2D eigenvalue weighted by Gasteiger charge is -2.27. The van der Waals surface area contributed by atoms with Gasteiger partial charge in [0.05, 0.1) is 11.7 Å². The Hall–Kier alpha value is -1.74. The Morgan fingerprint density at radius 2 is 1.94 bits per heavy atom. The molecule has 2 rings (SSSR count). The third-order valence-electron chi connectivity index (χ3n) is 3.01. The molecule has 0 bridgehead atoms. The smallest absolute Gasteiger partial charge is 0.141 e. The summed E-state index contributed by atoms with van der Waals surface area (Å²) in [7, 11) is 0. The Bertz CT molecular complexity index is 535. The van der Waals surface area contributed by atoms with Gasteiger partial charge in [0.2, 0.25) is 0 Å². The molecule has 88 valence electrons. The van der Waals surface area contributed by atoms with Crippen molar-refractivity contribution in [1.82, 2.24) is 4.98 Å². The lowest BCUT2D eigenvalue weighted by molar-refractivity contribution is 0.572. The molecule has 0 fully saturated rings. The Morgan fingerprint density at radius 3 is 2.59 bits per heavy atom. The van der Waals surface area contributed by atoms with E-state index in [1.54, 1.807) is 6.20 Å². The van der Waals surface area contributed by atoms with Crippen LogP contribution >= 0.6 is 0 Å². The van der Waals surface area contributed by atoms with Crippen molar-refractivity contribution in [1.29, 1.82) is 0 Å². The summed E-state index contributed by atoms with van der Waals surface area (Å²) in [6.45, 7) is 3.86. The first kappa shape index (κ1) is 11.7. The summed E-state index contributed by atoms with van der Waals surface area (Å²) >= 11 is 0. The number of halogens is 1. The van der Waals surface area contributed by atoms with Gasteiger partial charge in [-0.25, -0.2) is 4.39 Å². The summed E-state index contributed by atoms with van der Waals surface area (Å²) in [5, 5.41) is 0. The van der Waals surface area contributed by atoms with Crippen molar-refractivity contribution in [2.75, 3.05) is 0 Å². The third kappa shape index (κ3) is 2.19. The highest BCUT2D eigenvalue weighted by Gasteiger charge is 2.25. The predicted octanol–water partition coefficient (Wildman–Crippen LogP) is 2.75. The maximum atomic E-state index is 13.2. The van der Waals surface area contributed by atoms with E-state index in [1.165, 1.54) is 12.3 Å². The summed E-state index contributed by atoms with van der Waals surface area (Å²) in [6, 6.07) is 9.27. The normalized spacial score (nSPS) is 14.4. The first-order chi connectivity index (χ1) is 8.01. The molecule has 2 nitrogen and oxygen atoms in total. The van der Waals surface area contributed by atoms with Gasteiger partial charge in [-0.1, -0.05) is 24.3 Å². The van der Waals surface area contributed by atoms with Crippen molar-refractivity contribution >= 4 is 0 Å². The third-order valence-corrected chi connectivity index (χ3v) is 3.01. The number of nitrogens with two attached hydrogens (primary N) is 1. The van der Waals surface area contributed by atoms with Crippen molar-refractivity contribution in [2.45, 2.75) is 19.4 Å². The van der Waals surface area contributed by atoms with E-state index in [9.17, 15) is 4.39 Å². The zero-order valence-corrected chi connectivity index (χ0v) is 9.94. The zero-order valence-electron chi connectivity index (χ0n) is 9.94. The molecule has 2 N–H and O–H groups in total. The van der Waals surface area contributed by atoms with Gasteiger partial charge in [-0.3, -0.25) is 4.98 Å². The minimum Gasteiger partial charge on any atom is -0.318 e. The molecule has 1 aromatic carbocycles. The molecule has 0 aliphatic heterocycles. The molecule has 0 aliphatic rings. The first-order valence-electron chi connectivity index (χ1n) is 5.48. The standard InChI is InChI=1S/C14H15FN2/c1-10-5-3-4-6-13(10)14(2,16)11-7-12(15)9-17-8-11/h3-9H,16H2,1-2H3. The zero-order chi connectivity index (χ0) is 12.5. The van der Waals surface area contributed by atoms with Crippen molar-refractivity contribution in [3.63, 3.8) is 0 Å². The summed E-state index contributed by atoms with van der Waals surface area (Å²) in [4.78, 5) is 3.85. The van der Waals surface area contributed by atoms with E-state index in [0.717, 1.165) is 11.1 Å². The maximum Gasteiger partial charge on any atom is 0.141 e. The monoisotopic (exact) mass is 230 g/mol. The fourth-order valence-electron chi connectivity index (χ4n) is 2.01. The van der Waals surface area contributed by atoms with Gasteiger partial charge in [-0.2, -0.15) is 0 Å². The lowest BCUT2D eigenvalue weighted by Crippen LogP contribution is -2.35. The molecule has 0 aliphatic carbocycles. The molecule has 2 aromatic rings. The molecule has 0 saturated heterocycles. The molecule has 0 saturated carbocycles. The largest absolute Gasteiger partial charge is 0.318 e. The van der Waals surface area contributed by atoms with Gasteiger partial charge in [0, 0.05) is 6.20 Å². The quantitative estimate of drug-likeness (QED) is 0.861. The predicted molar refractivity (Wildman–Crippen MR) is 66.0 cm³/mol. The van der Waals surface area contributed by atoms with Crippen LogP contribution in [0.15, 0.2) is 42.7 Å². The first-order valence-corrected chi connectivity index (χ1v) is 5.48. The highest BCUT2D eigenvalue weighted by atomic mass is 19.1. The maximum absolute atomic E-state index is 13.2. The minimum atomic E-state index is -0.736. The van der Waals surface area contributed by atoms with Crippen LogP contribution in [0.4, 0.5) is 4.39 Å². The van der Waals surface area contributed by atoms with Gasteiger partial charge in [0.25, 0.3) is 0 Å². The molecule has 1 atom stereocenters. The number of hydrogen-bond acceptors (Lipinski definition) is 2. The summed E-state index contributed by atoms with van der Waals surface area (Å²) in [5.74, 6) is -0.368. The Labute approximate surface area is 100 Å². The molecule has 1 aromatic heterocycles. The SMILES string of the molecule is Cc1ccccc1C(C)(N)c1cncc(F)c1. The molecule has 0 spiro atoms. The molecular formula is C14H15FN2. The fraction of sp³-hybridized carbons (Fsp3) is 0.214. The van der Waals surface area contributed by atoms with Gasteiger partial charge in [-0.15, -0.1) is 0 Å². The van der Waals surface area contributed by atoms with E-state index in [4.69, 9.17) is 5.73 Å². The Balaban J connectivity index is 2.53. The number of aryl methyl sites for hydroxylation is 1. The number of hydrogen-bond donors (Lipinski definition) is 1. The van der Waals surface area contributed by atoms with E-state index < -0.39 is 5.54 Å². The molecule has 1 heterocycles. The van der Waals surface area contributed by atoms with Crippen LogP contribution in [-0.4, -0.2) is 4.98 Å². The van der Waals surface area contributed by atoms with Crippen LogP contribution in [0, 0.1) is 12.7 Å². The summed E-state index contributed by atoms with van der Waals surface area (Å²) in [5.41, 5.74) is 8.32. The van der Waals surface area contributed by atoms with Gasteiger partial charge < -0.3 is 5.73 Å². The van der Waals surface area contributed by atoms with Crippen LogP contribution in [0.3, 0.4) is 0 Å². The van der Waals surface area contributed by atoms with Gasteiger partial charge in [0.1, 0.15) is 5.82 Å². The van der Waals surface area contributed by atoms with Gasteiger partial charge in [-0.05, 0) is 36.6 Å². The van der Waals surface area contributed by atoms with Gasteiger partial charge >= 0.3 is 0 Å². The lowest BCUT2D eigenvalue weighted by atomic mass is 9.84. The van der Waals surface area contributed by atoms with E-state index in [2.05, 4.69) is 4.98 Å². The van der Waals surface area contributed by atoms with Crippen LogP contribution in [-0.2, 0) is 5.54 Å². The van der Waals surface area contributed by atoms with Crippen molar-refractivity contribution in [2.24, 2.45) is 5.73 Å². The highest BCUT2D eigenvalue weighted by Crippen LogP contribution is 2.28. The highest BCUT2D eigenvalue weighted by molar-refractivity contribution is 5.40. The molecule has 0 amide bonds. The van der Waals surface area contributed by atoms with Crippen LogP contribution in [0.5, 0.6) is 0 Å². The second-order valence-corrected chi connectivity index (χ2v) is 4.41. The molecule has 1 unspecified atom stereocenters. The number of aromatic nitrogens is 1. The number of pyridine rings is 1. The second kappa shape index (κ2) is 4.26. The van der Waals surface area contributed by atoms with Crippen molar-refractivity contribution in [3.05, 3.63) is 65.2 Å². The van der Waals surface area contributed by atoms with E-state index >= 15 is 0 Å². The molecule has 17 heavy (non-hydrogen) atoms. The minimum absolute atomic E-state index is 0.368. The summed E-state index contributed by atoms with van der Waals surface area (Å²) in [6.07, 6.45) is 2.78. The average molecular weight is 230 g/mol.